The molecular formula is C42H58N2O6. The number of allylic oxidation sites excluding steroid dienone is 8. The van der Waals surface area contributed by atoms with Crippen molar-refractivity contribution in [3.05, 3.63) is 93.6 Å². The minimum atomic E-state index is -1.13. The molecule has 0 bridgehead atoms. The van der Waals surface area contributed by atoms with Gasteiger partial charge in [0.05, 0.1) is 24.7 Å². The van der Waals surface area contributed by atoms with Crippen LogP contribution in [-0.4, -0.2) is 57.0 Å². The molecule has 8 nitrogen and oxygen atoms in total. The highest BCUT2D eigenvalue weighted by atomic mass is 16.3. The zero-order valence-corrected chi connectivity index (χ0v) is 30.2. The average Bonchev–Trinajstić information content (AvgIpc) is 3.37. The predicted molar refractivity (Wildman–Crippen MR) is 197 cm³/mol. The van der Waals surface area contributed by atoms with Crippen LogP contribution >= 0.6 is 0 Å². The summed E-state index contributed by atoms with van der Waals surface area (Å²) >= 11 is 0. The third-order valence-electron chi connectivity index (χ3n) is 12.4. The van der Waals surface area contributed by atoms with E-state index in [1.54, 1.807) is 0 Å². The quantitative estimate of drug-likeness (QED) is 0.0897. The Bertz CT molecular complexity index is 1580. The zero-order chi connectivity index (χ0) is 36.2. The molecule has 3 aliphatic carbocycles. The van der Waals surface area contributed by atoms with Crippen LogP contribution in [0.3, 0.4) is 0 Å². The Kier molecular flexibility index (Phi) is 12.2. The Morgan fingerprint density at radius 1 is 1.18 bits per heavy atom. The van der Waals surface area contributed by atoms with Crippen LogP contribution in [0.1, 0.15) is 108 Å². The molecule has 1 amide bonds. The molecule has 4 aliphatic rings. The van der Waals surface area contributed by atoms with Gasteiger partial charge in [0.2, 0.25) is 5.91 Å². The van der Waals surface area contributed by atoms with E-state index in [0.29, 0.717) is 44.1 Å². The van der Waals surface area contributed by atoms with Gasteiger partial charge in [0.1, 0.15) is 6.17 Å². The molecule has 8 heteroatoms. The fourth-order valence-corrected chi connectivity index (χ4v) is 10.1. The lowest BCUT2D eigenvalue weighted by atomic mass is 9.45. The lowest BCUT2D eigenvalue weighted by Crippen LogP contribution is -2.65. The molecule has 3 saturated carbocycles. The van der Waals surface area contributed by atoms with Gasteiger partial charge in [-0.05, 0) is 118 Å². The van der Waals surface area contributed by atoms with Gasteiger partial charge in [-0.3, -0.25) is 9.59 Å². The van der Waals surface area contributed by atoms with Gasteiger partial charge in [0.25, 0.3) is 0 Å². The van der Waals surface area contributed by atoms with Crippen LogP contribution in [-0.2, 0) is 22.4 Å². The lowest BCUT2D eigenvalue weighted by molar-refractivity contribution is -0.215. The molecule has 0 saturated heterocycles. The number of nitrogens with two attached hydrogens (primary N) is 1. The van der Waals surface area contributed by atoms with E-state index in [4.69, 9.17) is 5.73 Å². The number of rotatable bonds is 13. The molecule has 0 radical (unpaired) electrons. The van der Waals surface area contributed by atoms with Crippen molar-refractivity contribution in [2.24, 2.45) is 28.9 Å². The SMILES string of the molecule is C=C(/C=C/C=C(/CO)[C@H]1C[C@H]2CCC[C@@]3(O)CC/C(=C(/C)C(=O)Cc4cccc5c4CC(=O)N[C@H]5N)[C@@H](CCCO)[C@@]23[C@@H]1O)CCC=C(C)C. The van der Waals surface area contributed by atoms with Gasteiger partial charge in [-0.25, -0.2) is 0 Å². The summed E-state index contributed by atoms with van der Waals surface area (Å²) in [7, 11) is 0. The number of Topliss-reactive ketones (excluding diaryl/α,β-unsaturated/α-hetero) is 1. The van der Waals surface area contributed by atoms with E-state index in [1.807, 2.05) is 43.4 Å². The molecule has 5 rings (SSSR count). The molecule has 3 fully saturated rings. The maximum Gasteiger partial charge on any atom is 0.225 e. The van der Waals surface area contributed by atoms with Gasteiger partial charge in [-0.15, -0.1) is 0 Å². The topological polar surface area (TPSA) is 153 Å². The Hall–Kier alpha value is -3.14. The Labute approximate surface area is 297 Å². The van der Waals surface area contributed by atoms with E-state index in [-0.39, 0.29) is 55.5 Å². The van der Waals surface area contributed by atoms with Gasteiger partial charge >= 0.3 is 0 Å². The molecule has 1 aliphatic heterocycles. The van der Waals surface area contributed by atoms with E-state index in [9.17, 15) is 30.0 Å². The first-order valence-corrected chi connectivity index (χ1v) is 18.6. The van der Waals surface area contributed by atoms with Gasteiger partial charge in [0, 0.05) is 24.4 Å². The van der Waals surface area contributed by atoms with Crippen LogP contribution in [0.25, 0.3) is 0 Å². The number of ketones is 1. The van der Waals surface area contributed by atoms with E-state index in [0.717, 1.165) is 59.1 Å². The lowest BCUT2D eigenvalue weighted by Gasteiger charge is -2.61. The average molecular weight is 687 g/mol. The smallest absolute Gasteiger partial charge is 0.225 e. The first kappa shape index (κ1) is 38.1. The summed E-state index contributed by atoms with van der Waals surface area (Å²) < 4.78 is 0. The van der Waals surface area contributed by atoms with Gasteiger partial charge in [-0.1, -0.05) is 72.2 Å². The third-order valence-corrected chi connectivity index (χ3v) is 12.4. The Morgan fingerprint density at radius 3 is 2.68 bits per heavy atom. The minimum Gasteiger partial charge on any atom is -0.396 e. The number of fused-ring (bicyclic) bond motifs is 1. The number of benzene rings is 1. The second kappa shape index (κ2) is 16.0. The first-order valence-electron chi connectivity index (χ1n) is 18.6. The maximum absolute atomic E-state index is 14.2. The molecule has 272 valence electrons. The highest BCUT2D eigenvalue weighted by molar-refractivity contribution is 5.97. The summed E-state index contributed by atoms with van der Waals surface area (Å²) in [5.74, 6) is -0.888. The first-order chi connectivity index (χ1) is 23.9. The number of hydrogen-bond donors (Lipinski definition) is 6. The molecule has 0 aromatic heterocycles. The molecule has 1 aromatic rings. The van der Waals surface area contributed by atoms with Crippen LogP contribution < -0.4 is 11.1 Å². The van der Waals surface area contributed by atoms with Crippen molar-refractivity contribution in [3.63, 3.8) is 0 Å². The van der Waals surface area contributed by atoms with Crippen LogP contribution in [0, 0.1) is 23.2 Å². The number of hydrogen-bond acceptors (Lipinski definition) is 7. The minimum absolute atomic E-state index is 0.0118. The Balaban J connectivity index is 1.49. The number of nitrogens with one attached hydrogen (secondary N) is 1. The summed E-state index contributed by atoms with van der Waals surface area (Å²) in [5.41, 5.74) is 11.2. The van der Waals surface area contributed by atoms with Crippen LogP contribution in [0.2, 0.25) is 0 Å². The van der Waals surface area contributed by atoms with E-state index in [1.165, 1.54) is 5.57 Å². The van der Waals surface area contributed by atoms with Crippen LogP contribution in [0.15, 0.2) is 76.9 Å². The van der Waals surface area contributed by atoms with E-state index < -0.39 is 23.3 Å². The van der Waals surface area contributed by atoms with Crippen molar-refractivity contribution in [3.8, 4) is 0 Å². The van der Waals surface area contributed by atoms with Crippen molar-refractivity contribution in [1.29, 1.82) is 0 Å². The third kappa shape index (κ3) is 7.28. The van der Waals surface area contributed by atoms with Crippen LogP contribution in [0.4, 0.5) is 0 Å². The number of carbonyl (C=O) groups is 2. The standard InChI is InChI=1S/C42H58N2O6/c1-26(2)10-5-11-27(3)12-6-14-30(25-46)35-23-31-15-8-19-41(50)20-18-32(36(17-9-21-45)42(31,41)39(35)49)28(4)37(47)22-29-13-7-16-33-34(29)24-38(48)44-40(33)43/h6-7,10,12-14,16,31,35-36,39-40,45-46,49-50H,3,5,8-9,11,15,17-25,43H2,1-2,4H3,(H,44,48)/b12-6+,30-14-,32-28+/t31-,35-,36-,39-,40-,41-,42-/m1/s1. The molecule has 0 unspecified atom stereocenters. The molecule has 7 N–H and O–H groups in total. The monoisotopic (exact) mass is 686 g/mol. The molecular weight excluding hydrogens is 628 g/mol. The van der Waals surface area contributed by atoms with E-state index in [2.05, 4.69) is 31.8 Å². The Morgan fingerprint density at radius 2 is 1.96 bits per heavy atom. The zero-order valence-electron chi connectivity index (χ0n) is 30.2. The van der Waals surface area contributed by atoms with Crippen molar-refractivity contribution in [2.75, 3.05) is 13.2 Å². The highest BCUT2D eigenvalue weighted by Gasteiger charge is 2.70. The summed E-state index contributed by atoms with van der Waals surface area (Å²) in [6.07, 6.45) is 13.4. The summed E-state index contributed by atoms with van der Waals surface area (Å²) in [6.45, 7) is 9.96. The maximum atomic E-state index is 14.2. The van der Waals surface area contributed by atoms with Crippen molar-refractivity contribution in [2.45, 2.75) is 116 Å². The molecule has 7 atom stereocenters. The fraction of sp³-hybridized carbons (Fsp3) is 0.571. The van der Waals surface area contributed by atoms with Crippen molar-refractivity contribution < 1.29 is 30.0 Å². The van der Waals surface area contributed by atoms with E-state index >= 15 is 0 Å². The summed E-state index contributed by atoms with van der Waals surface area (Å²) in [5, 5.41) is 48.6. The molecule has 1 spiro atoms. The number of amides is 1. The van der Waals surface area contributed by atoms with Crippen LogP contribution in [0.5, 0.6) is 0 Å². The molecule has 1 aromatic carbocycles. The number of aliphatic hydroxyl groups excluding tert-OH is 3. The molecule has 50 heavy (non-hydrogen) atoms. The highest BCUT2D eigenvalue weighted by Crippen LogP contribution is 2.69. The predicted octanol–water partition coefficient (Wildman–Crippen LogP) is 5.60. The van der Waals surface area contributed by atoms with Gasteiger partial charge in [-0.2, -0.15) is 0 Å². The largest absolute Gasteiger partial charge is 0.396 e. The second-order valence-electron chi connectivity index (χ2n) is 15.5. The number of carbonyl (C=O) groups excluding carboxylic acids is 2. The van der Waals surface area contributed by atoms with Gasteiger partial charge in [0.15, 0.2) is 5.78 Å². The normalized spacial score (nSPS) is 31.8. The fourth-order valence-electron chi connectivity index (χ4n) is 10.1. The summed E-state index contributed by atoms with van der Waals surface area (Å²) in [6, 6.07) is 5.65. The number of aliphatic hydroxyl groups is 4. The molecule has 1 heterocycles. The second-order valence-corrected chi connectivity index (χ2v) is 15.5. The van der Waals surface area contributed by atoms with Gasteiger partial charge < -0.3 is 31.5 Å². The van der Waals surface area contributed by atoms with Crippen molar-refractivity contribution >= 4 is 11.7 Å². The summed E-state index contributed by atoms with van der Waals surface area (Å²) in [4.78, 5) is 26.5. The van der Waals surface area contributed by atoms with Crippen molar-refractivity contribution in [1.82, 2.24) is 5.32 Å².